The standard InChI is InChI=1S/C13H13FN6/c1-7(2)10-6-17-20-12(10)18-11(19-13(20)15)8-3-9(14)5-16-4-8/h3-7H,1-2H3,(H2,15,18,19). The Hall–Kier alpha value is -2.57. The molecule has 20 heavy (non-hydrogen) atoms. The summed E-state index contributed by atoms with van der Waals surface area (Å²) >= 11 is 0. The van der Waals surface area contributed by atoms with Crippen LogP contribution in [-0.4, -0.2) is 24.6 Å². The molecule has 0 radical (unpaired) electrons. The summed E-state index contributed by atoms with van der Waals surface area (Å²) < 4.78 is 14.7. The monoisotopic (exact) mass is 272 g/mol. The summed E-state index contributed by atoms with van der Waals surface area (Å²) in [6, 6.07) is 1.32. The molecule has 0 saturated carbocycles. The van der Waals surface area contributed by atoms with Gasteiger partial charge < -0.3 is 5.73 Å². The van der Waals surface area contributed by atoms with Crippen molar-refractivity contribution < 1.29 is 4.39 Å². The van der Waals surface area contributed by atoms with Crippen molar-refractivity contribution in [1.29, 1.82) is 0 Å². The van der Waals surface area contributed by atoms with Crippen molar-refractivity contribution in [3.63, 3.8) is 0 Å². The summed E-state index contributed by atoms with van der Waals surface area (Å²) in [6.45, 7) is 4.08. The summed E-state index contributed by atoms with van der Waals surface area (Å²) in [5.74, 6) is 0.355. The molecular weight excluding hydrogens is 259 g/mol. The maximum absolute atomic E-state index is 13.2. The van der Waals surface area contributed by atoms with Gasteiger partial charge in [-0.1, -0.05) is 13.8 Å². The minimum Gasteiger partial charge on any atom is -0.368 e. The van der Waals surface area contributed by atoms with Crippen LogP contribution in [0.15, 0.2) is 24.7 Å². The lowest BCUT2D eigenvalue weighted by molar-refractivity contribution is 0.622. The molecule has 0 aromatic carbocycles. The number of fused-ring (bicyclic) bond motifs is 1. The molecule has 0 unspecified atom stereocenters. The fourth-order valence-electron chi connectivity index (χ4n) is 1.99. The zero-order valence-electron chi connectivity index (χ0n) is 11.1. The van der Waals surface area contributed by atoms with E-state index in [0.717, 1.165) is 11.8 Å². The van der Waals surface area contributed by atoms with Crippen molar-refractivity contribution in [2.45, 2.75) is 19.8 Å². The van der Waals surface area contributed by atoms with Gasteiger partial charge in [-0.2, -0.15) is 14.6 Å². The molecule has 3 aromatic heterocycles. The SMILES string of the molecule is CC(C)c1cnn2c(N)nc(-c3cncc(F)c3)nc12. The van der Waals surface area contributed by atoms with E-state index in [1.165, 1.54) is 16.8 Å². The molecule has 0 aliphatic rings. The van der Waals surface area contributed by atoms with Gasteiger partial charge in [-0.15, -0.1) is 0 Å². The number of nitrogen functional groups attached to an aromatic ring is 1. The second-order valence-corrected chi connectivity index (χ2v) is 4.79. The minimum absolute atomic E-state index is 0.209. The summed E-state index contributed by atoms with van der Waals surface area (Å²) in [4.78, 5) is 12.4. The Morgan fingerprint density at radius 2 is 2.00 bits per heavy atom. The zero-order valence-corrected chi connectivity index (χ0v) is 11.1. The van der Waals surface area contributed by atoms with Crippen molar-refractivity contribution in [2.24, 2.45) is 0 Å². The first-order chi connectivity index (χ1) is 9.56. The summed E-state index contributed by atoms with van der Waals surface area (Å²) in [7, 11) is 0. The average Bonchev–Trinajstić information content (AvgIpc) is 2.83. The molecule has 7 heteroatoms. The number of halogens is 1. The van der Waals surface area contributed by atoms with Gasteiger partial charge in [0, 0.05) is 17.3 Å². The summed E-state index contributed by atoms with van der Waals surface area (Å²) in [5.41, 5.74) is 7.96. The van der Waals surface area contributed by atoms with Crippen molar-refractivity contribution in [1.82, 2.24) is 24.6 Å². The first-order valence-corrected chi connectivity index (χ1v) is 6.18. The van der Waals surface area contributed by atoms with Crippen molar-refractivity contribution >= 4 is 11.6 Å². The highest BCUT2D eigenvalue weighted by Gasteiger charge is 2.14. The Kier molecular flexibility index (Phi) is 2.81. The molecule has 2 N–H and O–H groups in total. The molecule has 0 fully saturated rings. The Labute approximate surface area is 114 Å². The molecule has 6 nitrogen and oxygen atoms in total. The molecule has 0 aliphatic heterocycles. The maximum atomic E-state index is 13.2. The van der Waals surface area contributed by atoms with Crippen LogP contribution in [-0.2, 0) is 0 Å². The first-order valence-electron chi connectivity index (χ1n) is 6.18. The van der Waals surface area contributed by atoms with E-state index in [1.54, 1.807) is 6.20 Å². The molecular formula is C13H13FN6. The predicted octanol–water partition coefficient (Wildman–Crippen LogP) is 2.03. The van der Waals surface area contributed by atoms with E-state index in [4.69, 9.17) is 5.73 Å². The molecule has 0 aliphatic carbocycles. The molecule has 0 spiro atoms. The van der Waals surface area contributed by atoms with Crippen LogP contribution in [0.3, 0.4) is 0 Å². The normalized spacial score (nSPS) is 11.4. The second kappa shape index (κ2) is 4.52. The van der Waals surface area contributed by atoms with E-state index < -0.39 is 5.82 Å². The van der Waals surface area contributed by atoms with Gasteiger partial charge in [-0.3, -0.25) is 4.98 Å². The van der Waals surface area contributed by atoms with Crippen LogP contribution < -0.4 is 5.73 Å². The molecule has 0 amide bonds. The molecule has 102 valence electrons. The highest BCUT2D eigenvalue weighted by atomic mass is 19.1. The highest BCUT2D eigenvalue weighted by Crippen LogP contribution is 2.23. The van der Waals surface area contributed by atoms with Gasteiger partial charge in [-0.25, -0.2) is 9.37 Å². The van der Waals surface area contributed by atoms with Crippen molar-refractivity contribution in [2.75, 3.05) is 5.73 Å². The van der Waals surface area contributed by atoms with Crippen LogP contribution in [0.25, 0.3) is 17.0 Å². The lowest BCUT2D eigenvalue weighted by Gasteiger charge is -2.06. The minimum atomic E-state index is -0.442. The summed E-state index contributed by atoms with van der Waals surface area (Å²) in [6.07, 6.45) is 4.35. The van der Waals surface area contributed by atoms with Crippen LogP contribution in [0.5, 0.6) is 0 Å². The van der Waals surface area contributed by atoms with Crippen molar-refractivity contribution in [3.8, 4) is 11.4 Å². The third kappa shape index (κ3) is 1.97. The van der Waals surface area contributed by atoms with E-state index >= 15 is 0 Å². The molecule has 3 heterocycles. The number of hydrogen-bond acceptors (Lipinski definition) is 5. The van der Waals surface area contributed by atoms with Gasteiger partial charge in [0.1, 0.15) is 5.82 Å². The lowest BCUT2D eigenvalue weighted by atomic mass is 10.1. The smallest absolute Gasteiger partial charge is 0.225 e. The largest absolute Gasteiger partial charge is 0.368 e. The van der Waals surface area contributed by atoms with Crippen LogP contribution >= 0.6 is 0 Å². The van der Waals surface area contributed by atoms with Crippen LogP contribution in [0.1, 0.15) is 25.3 Å². The number of pyridine rings is 1. The molecule has 0 saturated heterocycles. The number of anilines is 1. The number of hydrogen-bond donors (Lipinski definition) is 1. The number of nitrogens with two attached hydrogens (primary N) is 1. The molecule has 3 aromatic rings. The van der Waals surface area contributed by atoms with E-state index in [1.807, 2.05) is 13.8 Å². The van der Waals surface area contributed by atoms with Crippen LogP contribution in [0, 0.1) is 5.82 Å². The summed E-state index contributed by atoms with van der Waals surface area (Å²) in [5, 5.41) is 4.17. The fourth-order valence-corrected chi connectivity index (χ4v) is 1.99. The first kappa shape index (κ1) is 12.5. The maximum Gasteiger partial charge on any atom is 0.225 e. The number of rotatable bonds is 2. The molecule has 0 bridgehead atoms. The van der Waals surface area contributed by atoms with E-state index in [-0.39, 0.29) is 11.9 Å². The average molecular weight is 272 g/mol. The van der Waals surface area contributed by atoms with Gasteiger partial charge in [0.15, 0.2) is 11.5 Å². The van der Waals surface area contributed by atoms with E-state index in [2.05, 4.69) is 20.1 Å². The Morgan fingerprint density at radius 3 is 2.70 bits per heavy atom. The number of aromatic nitrogens is 5. The number of nitrogens with zero attached hydrogens (tertiary/aromatic N) is 5. The van der Waals surface area contributed by atoms with Gasteiger partial charge in [0.25, 0.3) is 0 Å². The predicted molar refractivity (Wildman–Crippen MR) is 72.5 cm³/mol. The van der Waals surface area contributed by atoms with Crippen LogP contribution in [0.4, 0.5) is 10.3 Å². The highest BCUT2D eigenvalue weighted by molar-refractivity contribution is 5.61. The topological polar surface area (TPSA) is 82.0 Å². The second-order valence-electron chi connectivity index (χ2n) is 4.79. The van der Waals surface area contributed by atoms with Gasteiger partial charge in [0.2, 0.25) is 5.95 Å². The fraction of sp³-hybridized carbons (Fsp3) is 0.231. The Balaban J connectivity index is 2.25. The zero-order chi connectivity index (χ0) is 14.3. The van der Waals surface area contributed by atoms with Crippen LogP contribution in [0.2, 0.25) is 0 Å². The molecule has 0 atom stereocenters. The third-order valence-corrected chi connectivity index (χ3v) is 3.01. The van der Waals surface area contributed by atoms with Gasteiger partial charge >= 0.3 is 0 Å². The third-order valence-electron chi connectivity index (χ3n) is 3.01. The van der Waals surface area contributed by atoms with Gasteiger partial charge in [0.05, 0.1) is 12.4 Å². The quantitative estimate of drug-likeness (QED) is 0.771. The Bertz CT molecular complexity index is 780. The van der Waals surface area contributed by atoms with E-state index in [9.17, 15) is 4.39 Å². The molecule has 3 rings (SSSR count). The Morgan fingerprint density at radius 1 is 1.20 bits per heavy atom. The van der Waals surface area contributed by atoms with Gasteiger partial charge in [-0.05, 0) is 12.0 Å². The lowest BCUT2D eigenvalue weighted by Crippen LogP contribution is -2.06. The van der Waals surface area contributed by atoms with Crippen molar-refractivity contribution in [3.05, 3.63) is 36.0 Å². The van der Waals surface area contributed by atoms with E-state index in [0.29, 0.717) is 17.0 Å².